The Kier molecular flexibility index (Phi) is 2.57. The zero-order valence-electron chi connectivity index (χ0n) is 9.47. The van der Waals surface area contributed by atoms with Gasteiger partial charge in [-0.2, -0.15) is 0 Å². The van der Waals surface area contributed by atoms with Gasteiger partial charge >= 0.3 is 0 Å². The van der Waals surface area contributed by atoms with Gasteiger partial charge in [-0.3, -0.25) is 0 Å². The average Bonchev–Trinajstić information content (AvgIpc) is 2.81. The van der Waals surface area contributed by atoms with Crippen LogP contribution in [0.2, 0.25) is 0 Å². The molecular formula is C14H11FN2O. The Balaban J connectivity index is 2.04. The van der Waals surface area contributed by atoms with E-state index in [2.05, 4.69) is 9.97 Å². The number of aliphatic hydroxyl groups excluding tert-OH is 1. The van der Waals surface area contributed by atoms with E-state index in [1.54, 1.807) is 6.07 Å². The molecule has 0 aliphatic rings. The van der Waals surface area contributed by atoms with Gasteiger partial charge in [0, 0.05) is 0 Å². The lowest BCUT2D eigenvalue weighted by atomic mass is 10.1. The van der Waals surface area contributed by atoms with Gasteiger partial charge in [-0.15, -0.1) is 0 Å². The Morgan fingerprint density at radius 2 is 1.89 bits per heavy atom. The van der Waals surface area contributed by atoms with E-state index in [1.165, 1.54) is 12.1 Å². The molecule has 0 bridgehead atoms. The number of aromatic nitrogens is 2. The summed E-state index contributed by atoms with van der Waals surface area (Å²) in [6, 6.07) is 13.5. The second-order valence-electron chi connectivity index (χ2n) is 4.10. The number of benzene rings is 2. The summed E-state index contributed by atoms with van der Waals surface area (Å²) >= 11 is 0. The number of aliphatic hydroxyl groups is 1. The molecule has 1 aromatic heterocycles. The van der Waals surface area contributed by atoms with Crippen molar-refractivity contribution < 1.29 is 9.50 Å². The van der Waals surface area contributed by atoms with E-state index in [9.17, 15) is 9.50 Å². The van der Waals surface area contributed by atoms with Crippen LogP contribution in [0.15, 0.2) is 48.5 Å². The monoisotopic (exact) mass is 242 g/mol. The Morgan fingerprint density at radius 1 is 1.11 bits per heavy atom. The summed E-state index contributed by atoms with van der Waals surface area (Å²) in [7, 11) is 0. The van der Waals surface area contributed by atoms with Gasteiger partial charge in [0.05, 0.1) is 11.0 Å². The standard InChI is InChI=1S/C14H11FN2O/c15-10-6-7-11-12(8-10)17-14(16-11)13(18)9-4-2-1-3-5-9/h1-8,13,18H,(H,16,17)/t13-/m0/s1. The average molecular weight is 242 g/mol. The second kappa shape index (κ2) is 4.23. The number of nitrogens with zero attached hydrogens (tertiary/aromatic N) is 1. The van der Waals surface area contributed by atoms with Gasteiger partial charge in [-0.25, -0.2) is 9.37 Å². The minimum atomic E-state index is -0.832. The van der Waals surface area contributed by atoms with Gasteiger partial charge in [0.2, 0.25) is 0 Å². The van der Waals surface area contributed by atoms with Crippen LogP contribution < -0.4 is 0 Å². The van der Waals surface area contributed by atoms with Crippen molar-refractivity contribution in [3.8, 4) is 0 Å². The quantitative estimate of drug-likeness (QED) is 0.726. The second-order valence-corrected chi connectivity index (χ2v) is 4.10. The van der Waals surface area contributed by atoms with Crippen LogP contribution in [0.25, 0.3) is 11.0 Å². The van der Waals surface area contributed by atoms with Gasteiger partial charge < -0.3 is 10.1 Å². The highest BCUT2D eigenvalue weighted by molar-refractivity contribution is 5.75. The number of aromatic amines is 1. The van der Waals surface area contributed by atoms with Gasteiger partial charge in [-0.05, 0) is 23.8 Å². The first kappa shape index (κ1) is 10.9. The Bertz CT molecular complexity index is 679. The summed E-state index contributed by atoms with van der Waals surface area (Å²) in [5.41, 5.74) is 1.97. The molecule has 0 unspecified atom stereocenters. The topological polar surface area (TPSA) is 48.9 Å². The van der Waals surface area contributed by atoms with E-state index in [-0.39, 0.29) is 5.82 Å². The fraction of sp³-hybridized carbons (Fsp3) is 0.0714. The van der Waals surface area contributed by atoms with E-state index < -0.39 is 6.10 Å². The molecule has 3 nitrogen and oxygen atoms in total. The molecule has 0 saturated heterocycles. The first-order valence-corrected chi connectivity index (χ1v) is 5.62. The maximum Gasteiger partial charge on any atom is 0.140 e. The van der Waals surface area contributed by atoms with Gasteiger partial charge in [-0.1, -0.05) is 30.3 Å². The third-order valence-electron chi connectivity index (χ3n) is 2.84. The predicted molar refractivity (Wildman–Crippen MR) is 66.6 cm³/mol. The summed E-state index contributed by atoms with van der Waals surface area (Å²) in [5, 5.41) is 10.2. The number of rotatable bonds is 2. The molecule has 18 heavy (non-hydrogen) atoms. The van der Waals surface area contributed by atoms with Crippen molar-refractivity contribution in [3.05, 3.63) is 65.7 Å². The van der Waals surface area contributed by atoms with Crippen LogP contribution in [0.1, 0.15) is 17.5 Å². The summed E-state index contributed by atoms with van der Waals surface area (Å²) in [6.45, 7) is 0. The lowest BCUT2D eigenvalue weighted by molar-refractivity contribution is 0.211. The molecule has 0 amide bonds. The summed E-state index contributed by atoms with van der Waals surface area (Å²) < 4.78 is 13.1. The van der Waals surface area contributed by atoms with Gasteiger partial charge in [0.15, 0.2) is 0 Å². The van der Waals surface area contributed by atoms with E-state index in [1.807, 2.05) is 30.3 Å². The number of hydrogen-bond acceptors (Lipinski definition) is 2. The molecule has 1 heterocycles. The highest BCUT2D eigenvalue weighted by Crippen LogP contribution is 2.22. The maximum atomic E-state index is 13.1. The summed E-state index contributed by atoms with van der Waals surface area (Å²) in [4.78, 5) is 7.19. The summed E-state index contributed by atoms with van der Waals surface area (Å²) in [5.74, 6) is 0.0914. The fourth-order valence-electron chi connectivity index (χ4n) is 1.92. The Morgan fingerprint density at radius 3 is 2.67 bits per heavy atom. The number of H-pyrrole nitrogens is 1. The first-order chi connectivity index (χ1) is 8.74. The smallest absolute Gasteiger partial charge is 0.140 e. The Hall–Kier alpha value is -2.20. The van der Waals surface area contributed by atoms with Gasteiger partial charge in [0.25, 0.3) is 0 Å². The van der Waals surface area contributed by atoms with Crippen molar-refractivity contribution >= 4 is 11.0 Å². The normalized spacial score (nSPS) is 12.8. The SMILES string of the molecule is O[C@@H](c1ccccc1)c1nc2ccc(F)cc2[nH]1. The largest absolute Gasteiger partial charge is 0.380 e. The molecule has 3 aromatic rings. The Labute approximate surface area is 103 Å². The predicted octanol–water partition coefficient (Wildman–Crippen LogP) is 2.78. The lowest BCUT2D eigenvalue weighted by Gasteiger charge is -2.06. The number of fused-ring (bicyclic) bond motifs is 1. The highest BCUT2D eigenvalue weighted by atomic mass is 19.1. The number of hydrogen-bond donors (Lipinski definition) is 2. The fourth-order valence-corrected chi connectivity index (χ4v) is 1.92. The number of imidazole rings is 1. The highest BCUT2D eigenvalue weighted by Gasteiger charge is 2.14. The molecule has 2 N–H and O–H groups in total. The molecule has 1 atom stereocenters. The van der Waals surface area contributed by atoms with Crippen LogP contribution in [0, 0.1) is 5.82 Å². The molecule has 0 spiro atoms. The van der Waals surface area contributed by atoms with Crippen LogP contribution in [-0.2, 0) is 0 Å². The first-order valence-electron chi connectivity index (χ1n) is 5.62. The zero-order valence-corrected chi connectivity index (χ0v) is 9.47. The molecule has 3 rings (SSSR count). The third-order valence-corrected chi connectivity index (χ3v) is 2.84. The molecule has 0 aliphatic carbocycles. The number of halogens is 1. The maximum absolute atomic E-state index is 13.1. The molecule has 0 aliphatic heterocycles. The van der Waals surface area contributed by atoms with Crippen LogP contribution >= 0.6 is 0 Å². The van der Waals surface area contributed by atoms with Crippen molar-refractivity contribution in [1.29, 1.82) is 0 Å². The van der Waals surface area contributed by atoms with E-state index in [0.29, 0.717) is 16.9 Å². The molecule has 0 saturated carbocycles. The van der Waals surface area contributed by atoms with Gasteiger partial charge in [0.1, 0.15) is 17.7 Å². The van der Waals surface area contributed by atoms with Crippen LogP contribution in [0.4, 0.5) is 4.39 Å². The van der Waals surface area contributed by atoms with Crippen LogP contribution in [0.3, 0.4) is 0 Å². The zero-order chi connectivity index (χ0) is 12.5. The molecule has 0 fully saturated rings. The molecular weight excluding hydrogens is 231 g/mol. The number of nitrogens with one attached hydrogen (secondary N) is 1. The van der Waals surface area contributed by atoms with Crippen LogP contribution in [0.5, 0.6) is 0 Å². The van der Waals surface area contributed by atoms with Crippen molar-refractivity contribution in [2.24, 2.45) is 0 Å². The van der Waals surface area contributed by atoms with E-state index in [0.717, 1.165) is 5.56 Å². The third kappa shape index (κ3) is 1.87. The van der Waals surface area contributed by atoms with E-state index >= 15 is 0 Å². The van der Waals surface area contributed by atoms with Crippen molar-refractivity contribution in [3.63, 3.8) is 0 Å². The lowest BCUT2D eigenvalue weighted by Crippen LogP contribution is -2.01. The minimum absolute atomic E-state index is 0.327. The summed E-state index contributed by atoms with van der Waals surface area (Å²) in [6.07, 6.45) is -0.832. The molecule has 2 aromatic carbocycles. The molecule has 0 radical (unpaired) electrons. The molecule has 90 valence electrons. The van der Waals surface area contributed by atoms with E-state index in [4.69, 9.17) is 0 Å². The van der Waals surface area contributed by atoms with Crippen LogP contribution in [-0.4, -0.2) is 15.1 Å². The minimum Gasteiger partial charge on any atom is -0.380 e. The van der Waals surface area contributed by atoms with Crippen molar-refractivity contribution in [2.45, 2.75) is 6.10 Å². The van der Waals surface area contributed by atoms with Crippen molar-refractivity contribution in [2.75, 3.05) is 0 Å². The molecule has 4 heteroatoms. The van der Waals surface area contributed by atoms with Crippen molar-refractivity contribution in [1.82, 2.24) is 9.97 Å².